The van der Waals surface area contributed by atoms with Crippen LogP contribution in [0.3, 0.4) is 0 Å². The molecule has 20 heavy (non-hydrogen) atoms. The lowest BCUT2D eigenvalue weighted by molar-refractivity contribution is -0.122. The van der Waals surface area contributed by atoms with Gasteiger partial charge in [-0.2, -0.15) is 0 Å². The molecular formula is C14H15BrN2O3. The number of likely N-dealkylation sites (tertiary alicyclic amines) is 1. The summed E-state index contributed by atoms with van der Waals surface area (Å²) in [4.78, 5) is 26.8. The Hall–Kier alpha value is -1.56. The van der Waals surface area contributed by atoms with Crippen LogP contribution >= 0.6 is 15.9 Å². The highest BCUT2D eigenvalue weighted by molar-refractivity contribution is 9.10. The first-order valence-electron chi connectivity index (χ1n) is 6.68. The van der Waals surface area contributed by atoms with Crippen LogP contribution in [0.15, 0.2) is 22.7 Å². The summed E-state index contributed by atoms with van der Waals surface area (Å²) in [6, 6.07) is 5.26. The van der Waals surface area contributed by atoms with Crippen molar-refractivity contribution in [3.05, 3.63) is 28.2 Å². The van der Waals surface area contributed by atoms with Crippen molar-refractivity contribution in [3.63, 3.8) is 0 Å². The molecule has 2 aliphatic rings. The Labute approximate surface area is 125 Å². The number of benzene rings is 1. The van der Waals surface area contributed by atoms with Crippen molar-refractivity contribution in [1.29, 1.82) is 0 Å². The first-order chi connectivity index (χ1) is 9.59. The predicted molar refractivity (Wildman–Crippen MR) is 78.0 cm³/mol. The topological polar surface area (TPSA) is 60.9 Å². The molecule has 1 fully saturated rings. The molecular weight excluding hydrogens is 324 g/mol. The van der Waals surface area contributed by atoms with Crippen LogP contribution < -0.4 is 4.90 Å². The van der Waals surface area contributed by atoms with E-state index in [4.69, 9.17) is 5.11 Å². The average molecular weight is 339 g/mol. The van der Waals surface area contributed by atoms with Gasteiger partial charge in [0, 0.05) is 23.2 Å². The van der Waals surface area contributed by atoms with Crippen LogP contribution in [0.4, 0.5) is 10.5 Å². The molecule has 1 atom stereocenters. The molecule has 1 N–H and O–H groups in total. The Morgan fingerprint density at radius 1 is 1.30 bits per heavy atom. The van der Waals surface area contributed by atoms with Gasteiger partial charge in [-0.1, -0.05) is 22.0 Å². The SMILES string of the molecule is O=C(C1CCCN1C(=O)O)N1CCc2c(Br)cccc21. The molecule has 0 aliphatic carbocycles. The second-order valence-corrected chi connectivity index (χ2v) is 5.97. The molecule has 1 aromatic rings. The summed E-state index contributed by atoms with van der Waals surface area (Å²) in [6.45, 7) is 1.08. The van der Waals surface area contributed by atoms with Gasteiger partial charge in [-0.3, -0.25) is 9.69 Å². The molecule has 6 heteroatoms. The highest BCUT2D eigenvalue weighted by Crippen LogP contribution is 2.35. The summed E-state index contributed by atoms with van der Waals surface area (Å²) in [7, 11) is 0. The highest BCUT2D eigenvalue weighted by atomic mass is 79.9. The van der Waals surface area contributed by atoms with Gasteiger partial charge < -0.3 is 10.0 Å². The van der Waals surface area contributed by atoms with Gasteiger partial charge in [0.15, 0.2) is 0 Å². The third-order valence-electron chi connectivity index (χ3n) is 4.02. The largest absolute Gasteiger partial charge is 0.465 e. The van der Waals surface area contributed by atoms with E-state index in [1.807, 2.05) is 18.2 Å². The van der Waals surface area contributed by atoms with E-state index in [-0.39, 0.29) is 5.91 Å². The zero-order chi connectivity index (χ0) is 14.3. The molecule has 5 nitrogen and oxygen atoms in total. The zero-order valence-corrected chi connectivity index (χ0v) is 12.5. The second-order valence-electron chi connectivity index (χ2n) is 5.11. The van der Waals surface area contributed by atoms with Crippen LogP contribution in [0, 0.1) is 0 Å². The molecule has 0 aromatic heterocycles. The van der Waals surface area contributed by atoms with Gasteiger partial charge in [-0.25, -0.2) is 4.79 Å². The van der Waals surface area contributed by atoms with E-state index in [0.717, 1.165) is 28.6 Å². The van der Waals surface area contributed by atoms with Crippen LogP contribution in [0.2, 0.25) is 0 Å². The molecule has 0 saturated carbocycles. The van der Waals surface area contributed by atoms with Gasteiger partial charge in [0.1, 0.15) is 6.04 Å². The summed E-state index contributed by atoms with van der Waals surface area (Å²) >= 11 is 3.50. The molecule has 0 spiro atoms. The maximum Gasteiger partial charge on any atom is 0.407 e. The number of hydrogen-bond acceptors (Lipinski definition) is 2. The summed E-state index contributed by atoms with van der Waals surface area (Å²) in [5.41, 5.74) is 2.03. The summed E-state index contributed by atoms with van der Waals surface area (Å²) < 4.78 is 1.01. The minimum atomic E-state index is -1.01. The van der Waals surface area contributed by atoms with Gasteiger partial charge in [0.2, 0.25) is 5.91 Å². The lowest BCUT2D eigenvalue weighted by Gasteiger charge is -2.26. The highest BCUT2D eigenvalue weighted by Gasteiger charge is 2.38. The number of fused-ring (bicyclic) bond motifs is 1. The summed E-state index contributed by atoms with van der Waals surface area (Å²) in [5, 5.41) is 9.16. The zero-order valence-electron chi connectivity index (χ0n) is 10.9. The minimum absolute atomic E-state index is 0.0956. The molecule has 2 amide bonds. The standard InChI is InChI=1S/C14H15BrN2O3/c15-10-3-1-4-11-9(10)6-8-16(11)13(18)12-5-2-7-17(12)14(19)20/h1,3-4,12H,2,5-8H2,(H,19,20). The Balaban J connectivity index is 1.87. The molecule has 0 bridgehead atoms. The Morgan fingerprint density at radius 2 is 2.10 bits per heavy atom. The van der Waals surface area contributed by atoms with E-state index >= 15 is 0 Å². The normalized spacial score (nSPS) is 21.1. The van der Waals surface area contributed by atoms with Crippen molar-refractivity contribution in [1.82, 2.24) is 4.90 Å². The predicted octanol–water partition coefficient (Wildman–Crippen LogP) is 2.48. The number of halogens is 1. The number of anilines is 1. The third kappa shape index (κ3) is 2.08. The first kappa shape index (κ1) is 13.4. The van der Waals surface area contributed by atoms with Crippen molar-refractivity contribution in [2.75, 3.05) is 18.0 Å². The molecule has 2 aliphatic heterocycles. The van der Waals surface area contributed by atoms with Gasteiger partial charge in [-0.15, -0.1) is 0 Å². The lowest BCUT2D eigenvalue weighted by atomic mass is 10.1. The molecule has 106 valence electrons. The van der Waals surface area contributed by atoms with Crippen molar-refractivity contribution in [2.45, 2.75) is 25.3 Å². The van der Waals surface area contributed by atoms with Gasteiger partial charge in [-0.05, 0) is 37.0 Å². The van der Waals surface area contributed by atoms with E-state index < -0.39 is 12.1 Å². The number of rotatable bonds is 1. The van der Waals surface area contributed by atoms with Crippen LogP contribution in [0.1, 0.15) is 18.4 Å². The molecule has 1 saturated heterocycles. The average Bonchev–Trinajstić information content (AvgIpc) is 3.05. The van der Waals surface area contributed by atoms with E-state index in [1.54, 1.807) is 4.90 Å². The summed E-state index contributed by atoms with van der Waals surface area (Å²) in [6.07, 6.45) is 1.17. The van der Waals surface area contributed by atoms with Crippen molar-refractivity contribution in [2.24, 2.45) is 0 Å². The van der Waals surface area contributed by atoms with Crippen LogP contribution in [-0.4, -0.2) is 41.1 Å². The van der Waals surface area contributed by atoms with Crippen LogP contribution in [0.5, 0.6) is 0 Å². The second kappa shape index (κ2) is 5.09. The van der Waals surface area contributed by atoms with E-state index in [9.17, 15) is 9.59 Å². The van der Waals surface area contributed by atoms with Gasteiger partial charge in [0.05, 0.1) is 0 Å². The van der Waals surface area contributed by atoms with Crippen molar-refractivity contribution < 1.29 is 14.7 Å². The molecule has 0 radical (unpaired) electrons. The van der Waals surface area contributed by atoms with E-state index in [0.29, 0.717) is 19.5 Å². The number of carboxylic acid groups (broad SMARTS) is 1. The number of carbonyl (C=O) groups excluding carboxylic acids is 1. The van der Waals surface area contributed by atoms with Gasteiger partial charge in [0.25, 0.3) is 0 Å². The first-order valence-corrected chi connectivity index (χ1v) is 7.47. The fraction of sp³-hybridized carbons (Fsp3) is 0.429. The quantitative estimate of drug-likeness (QED) is 0.855. The van der Waals surface area contributed by atoms with E-state index in [1.165, 1.54) is 4.90 Å². The molecule has 3 rings (SSSR count). The number of carbonyl (C=O) groups is 2. The molecule has 1 unspecified atom stereocenters. The summed E-state index contributed by atoms with van der Waals surface area (Å²) in [5.74, 6) is -0.0956. The fourth-order valence-electron chi connectivity index (χ4n) is 3.05. The third-order valence-corrected chi connectivity index (χ3v) is 4.76. The van der Waals surface area contributed by atoms with Crippen LogP contribution in [0.25, 0.3) is 0 Å². The Morgan fingerprint density at radius 3 is 2.85 bits per heavy atom. The fourth-order valence-corrected chi connectivity index (χ4v) is 3.61. The minimum Gasteiger partial charge on any atom is -0.465 e. The van der Waals surface area contributed by atoms with Crippen LogP contribution in [-0.2, 0) is 11.2 Å². The lowest BCUT2D eigenvalue weighted by Crippen LogP contribution is -2.47. The van der Waals surface area contributed by atoms with E-state index in [2.05, 4.69) is 15.9 Å². The smallest absolute Gasteiger partial charge is 0.407 e. The molecule has 2 heterocycles. The van der Waals surface area contributed by atoms with Crippen molar-refractivity contribution in [3.8, 4) is 0 Å². The number of amides is 2. The molecule has 1 aromatic carbocycles. The van der Waals surface area contributed by atoms with Gasteiger partial charge >= 0.3 is 6.09 Å². The monoisotopic (exact) mass is 338 g/mol. The Kier molecular flexibility index (Phi) is 3.41. The number of hydrogen-bond donors (Lipinski definition) is 1. The van der Waals surface area contributed by atoms with Crippen molar-refractivity contribution >= 4 is 33.6 Å². The Bertz CT molecular complexity index is 576. The number of nitrogens with zero attached hydrogens (tertiary/aromatic N) is 2. The maximum atomic E-state index is 12.6. The maximum absolute atomic E-state index is 12.6.